The Morgan fingerprint density at radius 3 is 2.15 bits per heavy atom. The monoisotopic (exact) mass is 349 g/mol. The van der Waals surface area contributed by atoms with Crippen molar-refractivity contribution in [3.8, 4) is 11.8 Å². The summed E-state index contributed by atoms with van der Waals surface area (Å²) >= 11 is 0. The van der Waals surface area contributed by atoms with Crippen LogP contribution < -0.4 is 16.4 Å². The molecule has 4 N–H and O–H groups in total. The van der Waals surface area contributed by atoms with E-state index in [0.717, 1.165) is 11.3 Å². The van der Waals surface area contributed by atoms with Crippen molar-refractivity contribution in [2.45, 2.75) is 26.2 Å². The molecule has 0 aliphatic rings. The first kappa shape index (κ1) is 19.1. The normalized spacial score (nSPS) is 10.4. The Morgan fingerprint density at radius 2 is 1.62 bits per heavy atom. The number of hydrogen-bond acceptors (Lipinski definition) is 2. The molecule has 0 aromatic heterocycles. The molecule has 0 saturated carbocycles. The first-order chi connectivity index (χ1) is 12.3. The van der Waals surface area contributed by atoms with Crippen LogP contribution in [-0.4, -0.2) is 18.5 Å². The Kier molecular flexibility index (Phi) is 6.03. The molecule has 3 amide bonds. The van der Waals surface area contributed by atoms with E-state index in [0.29, 0.717) is 5.56 Å². The smallest absolute Gasteiger partial charge is 0.319 e. The van der Waals surface area contributed by atoms with Gasteiger partial charge in [-0.2, -0.15) is 0 Å². The van der Waals surface area contributed by atoms with E-state index in [1.807, 2.05) is 24.3 Å². The lowest BCUT2D eigenvalue weighted by molar-refractivity contribution is 0.1000. The second kappa shape index (κ2) is 8.21. The Hall–Kier alpha value is -3.26. The summed E-state index contributed by atoms with van der Waals surface area (Å²) in [6.07, 6.45) is 0. The average molecular weight is 349 g/mol. The van der Waals surface area contributed by atoms with E-state index in [1.54, 1.807) is 24.3 Å². The van der Waals surface area contributed by atoms with Gasteiger partial charge in [0.25, 0.3) is 0 Å². The van der Waals surface area contributed by atoms with Crippen molar-refractivity contribution in [2.24, 2.45) is 5.73 Å². The molecule has 2 aromatic carbocycles. The second-order valence-corrected chi connectivity index (χ2v) is 6.88. The molecule has 0 spiro atoms. The summed E-state index contributed by atoms with van der Waals surface area (Å²) in [6.45, 7) is 6.64. The van der Waals surface area contributed by atoms with Gasteiger partial charge in [-0.25, -0.2) is 4.79 Å². The number of hydrogen-bond donors (Lipinski definition) is 3. The first-order valence-corrected chi connectivity index (χ1v) is 8.30. The van der Waals surface area contributed by atoms with Crippen molar-refractivity contribution in [3.05, 3.63) is 65.2 Å². The fourth-order valence-corrected chi connectivity index (χ4v) is 2.22. The van der Waals surface area contributed by atoms with Gasteiger partial charge in [0, 0.05) is 16.8 Å². The van der Waals surface area contributed by atoms with E-state index in [-0.39, 0.29) is 18.0 Å². The predicted octanol–water partition coefficient (Wildman–Crippen LogP) is 3.26. The third-order valence-electron chi connectivity index (χ3n) is 3.75. The van der Waals surface area contributed by atoms with Crippen molar-refractivity contribution < 1.29 is 9.59 Å². The van der Waals surface area contributed by atoms with Crippen molar-refractivity contribution in [3.63, 3.8) is 0 Å². The number of amides is 3. The molecule has 0 heterocycles. The van der Waals surface area contributed by atoms with E-state index in [1.165, 1.54) is 5.56 Å². The predicted molar refractivity (Wildman–Crippen MR) is 104 cm³/mol. The van der Waals surface area contributed by atoms with Gasteiger partial charge in [-0.05, 0) is 47.4 Å². The van der Waals surface area contributed by atoms with Crippen molar-refractivity contribution in [1.29, 1.82) is 0 Å². The molecule has 0 atom stereocenters. The number of primary amides is 1. The number of nitrogens with two attached hydrogens (primary N) is 1. The Balaban J connectivity index is 1.83. The number of carbonyl (C=O) groups is 2. The van der Waals surface area contributed by atoms with Crippen LogP contribution in [0.4, 0.5) is 10.5 Å². The van der Waals surface area contributed by atoms with Crippen LogP contribution in [0.25, 0.3) is 0 Å². The van der Waals surface area contributed by atoms with E-state index < -0.39 is 5.91 Å². The van der Waals surface area contributed by atoms with Gasteiger partial charge in [0.05, 0.1) is 6.54 Å². The lowest BCUT2D eigenvalue weighted by Gasteiger charge is -2.19. The van der Waals surface area contributed by atoms with Gasteiger partial charge in [-0.3, -0.25) is 4.79 Å². The molecule has 0 bridgehead atoms. The van der Waals surface area contributed by atoms with Crippen LogP contribution in [0.3, 0.4) is 0 Å². The lowest BCUT2D eigenvalue weighted by Crippen LogP contribution is -2.28. The van der Waals surface area contributed by atoms with Crippen LogP contribution in [0.15, 0.2) is 48.5 Å². The largest absolute Gasteiger partial charge is 0.366 e. The molecule has 5 nitrogen and oxygen atoms in total. The standard InChI is InChI=1S/C21H23N3O2/c1-21(2,3)17-10-12-18(13-11-17)24-20(26)23-14-4-5-15-6-8-16(9-7-15)19(22)25/h6-13H,14H2,1-3H3,(H2,22,25)(H2,23,24,26). The molecule has 26 heavy (non-hydrogen) atoms. The van der Waals surface area contributed by atoms with Crippen molar-refractivity contribution >= 4 is 17.6 Å². The Bertz CT molecular complexity index is 836. The lowest BCUT2D eigenvalue weighted by atomic mass is 9.87. The summed E-state index contributed by atoms with van der Waals surface area (Å²) in [5.74, 6) is 5.29. The highest BCUT2D eigenvalue weighted by Gasteiger charge is 2.13. The van der Waals surface area contributed by atoms with E-state index in [9.17, 15) is 9.59 Å². The first-order valence-electron chi connectivity index (χ1n) is 8.30. The molecule has 5 heteroatoms. The molecular weight excluding hydrogens is 326 g/mol. The van der Waals surface area contributed by atoms with Gasteiger partial charge >= 0.3 is 6.03 Å². The van der Waals surface area contributed by atoms with Gasteiger partial charge in [0.15, 0.2) is 0 Å². The fraction of sp³-hybridized carbons (Fsp3) is 0.238. The zero-order valence-corrected chi connectivity index (χ0v) is 15.2. The molecule has 0 fully saturated rings. The zero-order valence-electron chi connectivity index (χ0n) is 15.2. The molecular formula is C21H23N3O2. The molecule has 0 aliphatic carbocycles. The minimum atomic E-state index is -0.474. The van der Waals surface area contributed by atoms with Gasteiger partial charge in [0.2, 0.25) is 5.91 Å². The summed E-state index contributed by atoms with van der Waals surface area (Å²) < 4.78 is 0. The van der Waals surface area contributed by atoms with Crippen LogP contribution in [0.1, 0.15) is 42.3 Å². The fourth-order valence-electron chi connectivity index (χ4n) is 2.22. The van der Waals surface area contributed by atoms with E-state index in [4.69, 9.17) is 5.73 Å². The Morgan fingerprint density at radius 1 is 1.00 bits per heavy atom. The van der Waals surface area contributed by atoms with Gasteiger partial charge in [0.1, 0.15) is 0 Å². The Labute approximate surface area is 154 Å². The number of anilines is 1. The SMILES string of the molecule is CC(C)(C)c1ccc(NC(=O)NCC#Cc2ccc(C(N)=O)cc2)cc1. The van der Waals surface area contributed by atoms with Gasteiger partial charge in [-0.1, -0.05) is 44.7 Å². The molecule has 2 rings (SSSR count). The summed E-state index contributed by atoms with van der Waals surface area (Å²) in [5.41, 5.74) is 8.37. The average Bonchev–Trinajstić information content (AvgIpc) is 2.59. The molecule has 0 aliphatic heterocycles. The maximum Gasteiger partial charge on any atom is 0.319 e. The highest BCUT2D eigenvalue weighted by atomic mass is 16.2. The minimum absolute atomic E-state index is 0.0754. The number of rotatable bonds is 3. The van der Waals surface area contributed by atoms with Crippen LogP contribution in [-0.2, 0) is 5.41 Å². The third-order valence-corrected chi connectivity index (χ3v) is 3.75. The third kappa shape index (κ3) is 5.67. The van der Waals surface area contributed by atoms with Crippen LogP contribution >= 0.6 is 0 Å². The van der Waals surface area contributed by atoms with Crippen LogP contribution in [0.2, 0.25) is 0 Å². The highest BCUT2D eigenvalue weighted by molar-refractivity contribution is 5.92. The minimum Gasteiger partial charge on any atom is -0.366 e. The van der Waals surface area contributed by atoms with E-state index in [2.05, 4.69) is 43.2 Å². The van der Waals surface area contributed by atoms with Crippen molar-refractivity contribution in [1.82, 2.24) is 5.32 Å². The van der Waals surface area contributed by atoms with Crippen molar-refractivity contribution in [2.75, 3.05) is 11.9 Å². The summed E-state index contributed by atoms with van der Waals surface area (Å²) in [4.78, 5) is 22.9. The summed E-state index contributed by atoms with van der Waals surface area (Å²) in [5, 5.41) is 5.45. The van der Waals surface area contributed by atoms with Crippen LogP contribution in [0.5, 0.6) is 0 Å². The highest BCUT2D eigenvalue weighted by Crippen LogP contribution is 2.23. The van der Waals surface area contributed by atoms with E-state index >= 15 is 0 Å². The number of urea groups is 1. The molecule has 0 saturated heterocycles. The molecule has 134 valence electrons. The quantitative estimate of drug-likeness (QED) is 0.743. The molecule has 0 unspecified atom stereocenters. The number of carbonyl (C=O) groups excluding carboxylic acids is 2. The van der Waals surface area contributed by atoms with Gasteiger partial charge < -0.3 is 16.4 Å². The second-order valence-electron chi connectivity index (χ2n) is 6.88. The molecule has 0 radical (unpaired) electrons. The van der Waals surface area contributed by atoms with Gasteiger partial charge in [-0.15, -0.1) is 0 Å². The maximum atomic E-state index is 11.9. The molecule has 2 aromatic rings. The maximum absolute atomic E-state index is 11.9. The van der Waals surface area contributed by atoms with Crippen LogP contribution in [0, 0.1) is 11.8 Å². The summed E-state index contributed by atoms with van der Waals surface area (Å²) in [7, 11) is 0. The number of benzene rings is 2. The zero-order chi connectivity index (χ0) is 19.2. The number of nitrogens with one attached hydrogen (secondary N) is 2. The summed E-state index contributed by atoms with van der Waals surface area (Å²) in [6, 6.07) is 14.1. The topological polar surface area (TPSA) is 84.2 Å².